The smallest absolute Gasteiger partial charge is 0.269 e. The molecule has 1 amide bonds. The highest BCUT2D eigenvalue weighted by Gasteiger charge is 2.25. The number of amides is 1. The topological polar surface area (TPSA) is 81.8 Å². The molecule has 2 aromatic heterocycles. The van der Waals surface area contributed by atoms with Crippen LogP contribution in [0, 0.1) is 0 Å². The molecule has 0 unspecified atom stereocenters. The van der Waals surface area contributed by atoms with Crippen LogP contribution in [0.25, 0.3) is 11.0 Å². The third-order valence-corrected chi connectivity index (χ3v) is 4.77. The van der Waals surface area contributed by atoms with Gasteiger partial charge in [-0.25, -0.2) is 4.98 Å². The van der Waals surface area contributed by atoms with Gasteiger partial charge in [-0.1, -0.05) is 12.1 Å². The van der Waals surface area contributed by atoms with Crippen LogP contribution >= 0.6 is 0 Å². The third kappa shape index (κ3) is 2.82. The lowest BCUT2D eigenvalue weighted by Gasteiger charge is -2.24. The number of aryl methyl sites for hydroxylation is 1. The second kappa shape index (κ2) is 6.16. The van der Waals surface area contributed by atoms with Crippen molar-refractivity contribution in [3.63, 3.8) is 0 Å². The molecule has 1 aliphatic carbocycles. The van der Waals surface area contributed by atoms with Gasteiger partial charge in [0.05, 0.1) is 29.5 Å². The first-order valence-electron chi connectivity index (χ1n) is 8.38. The van der Waals surface area contributed by atoms with Crippen LogP contribution in [0.4, 0.5) is 0 Å². The fraction of sp³-hybridized carbons (Fsp3) is 0.333. The van der Waals surface area contributed by atoms with Crippen molar-refractivity contribution >= 4 is 16.9 Å². The molecule has 0 spiro atoms. The fourth-order valence-corrected chi connectivity index (χ4v) is 3.52. The zero-order chi connectivity index (χ0) is 17.4. The van der Waals surface area contributed by atoms with Gasteiger partial charge in [0.1, 0.15) is 6.54 Å². The van der Waals surface area contributed by atoms with Crippen molar-refractivity contribution in [2.45, 2.75) is 31.8 Å². The zero-order valence-electron chi connectivity index (χ0n) is 14.0. The number of para-hydroxylation sites is 2. The predicted octanol–water partition coefficient (Wildman–Crippen LogP) is 1.32. The zero-order valence-corrected chi connectivity index (χ0v) is 14.0. The van der Waals surface area contributed by atoms with E-state index in [0.29, 0.717) is 11.0 Å². The summed E-state index contributed by atoms with van der Waals surface area (Å²) in [6.45, 7) is -0.0199. The normalized spacial score (nSPS) is 16.6. The van der Waals surface area contributed by atoms with E-state index < -0.39 is 0 Å². The minimum absolute atomic E-state index is 0.0199. The number of nitrogens with one attached hydrogen (secondary N) is 1. The summed E-state index contributed by atoms with van der Waals surface area (Å²) in [5, 5.41) is 7.35. The average molecular weight is 337 g/mol. The van der Waals surface area contributed by atoms with E-state index in [1.807, 2.05) is 36.1 Å². The number of fused-ring (bicyclic) bond motifs is 2. The lowest BCUT2D eigenvalue weighted by atomic mass is 9.93. The molecule has 1 aromatic carbocycles. The summed E-state index contributed by atoms with van der Waals surface area (Å²) in [6.07, 6.45) is 5.96. The summed E-state index contributed by atoms with van der Waals surface area (Å²) in [5.41, 5.74) is 3.33. The van der Waals surface area contributed by atoms with Crippen molar-refractivity contribution in [2.75, 3.05) is 0 Å². The maximum absolute atomic E-state index is 12.6. The summed E-state index contributed by atoms with van der Waals surface area (Å²) in [4.78, 5) is 28.9. The number of nitrogens with zero attached hydrogens (tertiary/aromatic N) is 4. The van der Waals surface area contributed by atoms with Crippen LogP contribution in [-0.4, -0.2) is 25.2 Å². The molecule has 0 aliphatic heterocycles. The van der Waals surface area contributed by atoms with Crippen molar-refractivity contribution < 1.29 is 4.79 Å². The van der Waals surface area contributed by atoms with Crippen LogP contribution in [-0.2, 0) is 24.8 Å². The number of benzene rings is 1. The molecule has 1 atom stereocenters. The molecule has 128 valence electrons. The molecule has 2 heterocycles. The lowest BCUT2D eigenvalue weighted by Crippen LogP contribution is -2.36. The Hall–Kier alpha value is -2.96. The molecular formula is C18H19N5O2. The van der Waals surface area contributed by atoms with Crippen molar-refractivity contribution in [1.82, 2.24) is 24.6 Å². The molecule has 25 heavy (non-hydrogen) atoms. The molecule has 7 heteroatoms. The molecule has 7 nitrogen and oxygen atoms in total. The highest BCUT2D eigenvalue weighted by molar-refractivity contribution is 5.80. The Morgan fingerprint density at radius 1 is 1.32 bits per heavy atom. The molecule has 1 aliphatic rings. The number of hydrogen-bond donors (Lipinski definition) is 1. The Kier molecular flexibility index (Phi) is 3.83. The van der Waals surface area contributed by atoms with Crippen LogP contribution in [0.15, 0.2) is 41.5 Å². The Morgan fingerprint density at radius 3 is 3.04 bits per heavy atom. The van der Waals surface area contributed by atoms with E-state index in [2.05, 4.69) is 15.4 Å². The van der Waals surface area contributed by atoms with Crippen LogP contribution in [0.5, 0.6) is 0 Å². The van der Waals surface area contributed by atoms with Gasteiger partial charge in [-0.05, 0) is 31.4 Å². The number of hydrogen-bond acceptors (Lipinski definition) is 4. The summed E-state index contributed by atoms with van der Waals surface area (Å²) in [5.74, 6) is -0.180. The van der Waals surface area contributed by atoms with Crippen LogP contribution in [0.1, 0.15) is 30.1 Å². The number of aromatic nitrogens is 4. The number of rotatable bonds is 3. The molecule has 1 N–H and O–H groups in total. The first-order valence-corrected chi connectivity index (χ1v) is 8.38. The van der Waals surface area contributed by atoms with E-state index in [1.165, 1.54) is 16.5 Å². The SMILES string of the molecule is Cn1ncc2c1CCC[C@@H]2NC(=O)Cn1c(=O)cnc2ccccc21. The molecule has 0 fully saturated rings. The number of carbonyl (C=O) groups is 1. The van der Waals surface area contributed by atoms with Gasteiger partial charge in [-0.15, -0.1) is 0 Å². The van der Waals surface area contributed by atoms with Crippen molar-refractivity contribution in [3.05, 3.63) is 58.3 Å². The predicted molar refractivity (Wildman–Crippen MR) is 93.0 cm³/mol. The Labute approximate surface area is 144 Å². The van der Waals surface area contributed by atoms with Gasteiger partial charge in [-0.2, -0.15) is 5.10 Å². The second-order valence-electron chi connectivity index (χ2n) is 6.35. The molecule has 3 aromatic rings. The van der Waals surface area contributed by atoms with E-state index in [4.69, 9.17) is 0 Å². The number of carbonyl (C=O) groups excluding carboxylic acids is 1. The largest absolute Gasteiger partial charge is 0.348 e. The monoisotopic (exact) mass is 337 g/mol. The van der Waals surface area contributed by atoms with Gasteiger partial charge >= 0.3 is 0 Å². The van der Waals surface area contributed by atoms with Gasteiger partial charge < -0.3 is 5.32 Å². The molecule has 0 saturated carbocycles. The van der Waals surface area contributed by atoms with Gasteiger partial charge in [0.2, 0.25) is 5.91 Å². The van der Waals surface area contributed by atoms with Crippen LogP contribution in [0.3, 0.4) is 0 Å². The van der Waals surface area contributed by atoms with E-state index in [0.717, 1.165) is 24.8 Å². The van der Waals surface area contributed by atoms with Gasteiger partial charge in [-0.3, -0.25) is 18.8 Å². The second-order valence-corrected chi connectivity index (χ2v) is 6.35. The standard InChI is InChI=1S/C18H19N5O2/c1-22-15-8-4-6-13(12(15)9-20-22)21-17(24)11-23-16-7-3-2-5-14(16)19-10-18(23)25/h2-3,5,7,9-10,13H,4,6,8,11H2,1H3,(H,21,24)/t13-/m0/s1. The minimum Gasteiger partial charge on any atom is -0.348 e. The highest BCUT2D eigenvalue weighted by Crippen LogP contribution is 2.29. The molecule has 0 radical (unpaired) electrons. The summed E-state index contributed by atoms with van der Waals surface area (Å²) >= 11 is 0. The molecule has 0 saturated heterocycles. The maximum atomic E-state index is 12.6. The summed E-state index contributed by atoms with van der Waals surface area (Å²) in [6, 6.07) is 7.27. The first kappa shape index (κ1) is 15.6. The Balaban J connectivity index is 1.58. The first-order chi connectivity index (χ1) is 12.1. The lowest BCUT2D eigenvalue weighted by molar-refractivity contribution is -0.122. The maximum Gasteiger partial charge on any atom is 0.269 e. The Bertz CT molecular complexity index is 1000. The van der Waals surface area contributed by atoms with E-state index in [1.54, 1.807) is 6.07 Å². The van der Waals surface area contributed by atoms with Crippen molar-refractivity contribution in [3.8, 4) is 0 Å². The van der Waals surface area contributed by atoms with E-state index in [9.17, 15) is 9.59 Å². The minimum atomic E-state index is -0.278. The van der Waals surface area contributed by atoms with Gasteiger partial charge in [0.15, 0.2) is 0 Å². The van der Waals surface area contributed by atoms with Crippen molar-refractivity contribution in [2.24, 2.45) is 7.05 Å². The molecule has 0 bridgehead atoms. The average Bonchev–Trinajstić information content (AvgIpc) is 3.00. The summed E-state index contributed by atoms with van der Waals surface area (Å²) < 4.78 is 3.33. The van der Waals surface area contributed by atoms with E-state index in [-0.39, 0.29) is 24.1 Å². The van der Waals surface area contributed by atoms with Crippen LogP contribution < -0.4 is 10.9 Å². The van der Waals surface area contributed by atoms with Crippen molar-refractivity contribution in [1.29, 1.82) is 0 Å². The van der Waals surface area contributed by atoms with Crippen LogP contribution in [0.2, 0.25) is 0 Å². The van der Waals surface area contributed by atoms with Gasteiger partial charge in [0, 0.05) is 18.3 Å². The fourth-order valence-electron chi connectivity index (χ4n) is 3.52. The molecular weight excluding hydrogens is 318 g/mol. The van der Waals surface area contributed by atoms with E-state index >= 15 is 0 Å². The molecule has 4 rings (SSSR count). The quantitative estimate of drug-likeness (QED) is 0.781. The summed E-state index contributed by atoms with van der Waals surface area (Å²) in [7, 11) is 1.92. The van der Waals surface area contributed by atoms with Gasteiger partial charge in [0.25, 0.3) is 5.56 Å². The third-order valence-electron chi connectivity index (χ3n) is 4.77. The Morgan fingerprint density at radius 2 is 2.16 bits per heavy atom. The highest BCUT2D eigenvalue weighted by atomic mass is 16.2.